The maximum absolute atomic E-state index is 12.4. The summed E-state index contributed by atoms with van der Waals surface area (Å²) in [5.41, 5.74) is 3.02. The van der Waals surface area contributed by atoms with Crippen molar-refractivity contribution in [3.63, 3.8) is 0 Å². The summed E-state index contributed by atoms with van der Waals surface area (Å²) in [5.74, 6) is 1.85. The van der Waals surface area contributed by atoms with Crippen LogP contribution in [0.3, 0.4) is 0 Å². The number of imidazole rings is 1. The standard InChI is InChI=1S/C24H30ClN3O2/c1-4-18(5-2)24(29)26-16-23-27-21-9-6-7-10-22(21)28(23)13-8-14-30-19-11-12-20(25)17(3)15-19/h6-7,9-12,15,18H,4-5,8,13-14,16H2,1-3H3,(H,26,29). The van der Waals surface area contributed by atoms with Crippen molar-refractivity contribution in [3.05, 3.63) is 58.9 Å². The first-order valence-corrected chi connectivity index (χ1v) is 11.0. The molecule has 1 heterocycles. The van der Waals surface area contributed by atoms with Crippen LogP contribution in [0.25, 0.3) is 11.0 Å². The minimum atomic E-state index is 0.0547. The highest BCUT2D eigenvalue weighted by molar-refractivity contribution is 6.31. The van der Waals surface area contributed by atoms with E-state index in [1.165, 1.54) is 0 Å². The molecule has 0 bridgehead atoms. The molecule has 0 aliphatic heterocycles. The Balaban J connectivity index is 1.65. The molecule has 160 valence electrons. The van der Waals surface area contributed by atoms with Gasteiger partial charge in [-0.25, -0.2) is 4.98 Å². The fourth-order valence-corrected chi connectivity index (χ4v) is 3.72. The smallest absolute Gasteiger partial charge is 0.223 e. The second-order valence-corrected chi connectivity index (χ2v) is 7.92. The molecule has 3 rings (SSSR count). The summed E-state index contributed by atoms with van der Waals surface area (Å²) in [6, 6.07) is 13.8. The van der Waals surface area contributed by atoms with Crippen molar-refractivity contribution in [1.29, 1.82) is 0 Å². The van der Waals surface area contributed by atoms with Gasteiger partial charge in [-0.1, -0.05) is 37.6 Å². The molecule has 2 aromatic carbocycles. The van der Waals surface area contributed by atoms with Crippen molar-refractivity contribution >= 4 is 28.5 Å². The molecule has 0 unspecified atom stereocenters. The number of hydrogen-bond acceptors (Lipinski definition) is 3. The molecule has 0 aliphatic carbocycles. The summed E-state index contributed by atoms with van der Waals surface area (Å²) < 4.78 is 8.07. The average molecular weight is 428 g/mol. The Bertz CT molecular complexity index is 995. The van der Waals surface area contributed by atoms with Crippen LogP contribution in [0.15, 0.2) is 42.5 Å². The Morgan fingerprint density at radius 2 is 1.97 bits per heavy atom. The third-order valence-electron chi connectivity index (χ3n) is 5.43. The summed E-state index contributed by atoms with van der Waals surface area (Å²) in [6.45, 7) is 7.85. The van der Waals surface area contributed by atoms with Gasteiger partial charge < -0.3 is 14.6 Å². The number of ether oxygens (including phenoxy) is 1. The number of rotatable bonds is 10. The van der Waals surface area contributed by atoms with Crippen LogP contribution in [-0.4, -0.2) is 22.1 Å². The number of aryl methyl sites for hydroxylation is 2. The van der Waals surface area contributed by atoms with Crippen LogP contribution in [0.2, 0.25) is 5.02 Å². The zero-order valence-corrected chi connectivity index (χ0v) is 18.7. The van der Waals surface area contributed by atoms with E-state index >= 15 is 0 Å². The van der Waals surface area contributed by atoms with E-state index in [1.54, 1.807) is 0 Å². The summed E-state index contributed by atoms with van der Waals surface area (Å²) in [7, 11) is 0. The molecule has 0 spiro atoms. The van der Waals surface area contributed by atoms with Crippen molar-refractivity contribution < 1.29 is 9.53 Å². The van der Waals surface area contributed by atoms with Crippen molar-refractivity contribution in [2.45, 2.75) is 53.1 Å². The lowest BCUT2D eigenvalue weighted by atomic mass is 10.0. The number of carbonyl (C=O) groups is 1. The van der Waals surface area contributed by atoms with E-state index in [4.69, 9.17) is 21.3 Å². The summed E-state index contributed by atoms with van der Waals surface area (Å²) in [6.07, 6.45) is 2.52. The first-order valence-electron chi connectivity index (χ1n) is 10.6. The lowest BCUT2D eigenvalue weighted by Gasteiger charge is -2.14. The summed E-state index contributed by atoms with van der Waals surface area (Å²) in [4.78, 5) is 17.1. The topological polar surface area (TPSA) is 56.2 Å². The molecule has 0 saturated heterocycles. The Kier molecular flexibility index (Phi) is 7.75. The predicted octanol–water partition coefficient (Wildman–Crippen LogP) is 5.52. The molecule has 1 aromatic heterocycles. The van der Waals surface area contributed by atoms with Gasteiger partial charge in [-0.2, -0.15) is 0 Å². The van der Waals surface area contributed by atoms with Crippen LogP contribution < -0.4 is 10.1 Å². The highest BCUT2D eigenvalue weighted by atomic mass is 35.5. The third-order valence-corrected chi connectivity index (χ3v) is 5.86. The van der Waals surface area contributed by atoms with Gasteiger partial charge in [0.1, 0.15) is 11.6 Å². The van der Waals surface area contributed by atoms with E-state index in [2.05, 4.69) is 16.0 Å². The zero-order chi connectivity index (χ0) is 21.5. The normalized spacial score (nSPS) is 11.2. The van der Waals surface area contributed by atoms with Crippen LogP contribution in [-0.2, 0) is 17.9 Å². The molecule has 0 aliphatic rings. The Morgan fingerprint density at radius 1 is 1.20 bits per heavy atom. The number of hydrogen-bond donors (Lipinski definition) is 1. The van der Waals surface area contributed by atoms with Crippen molar-refractivity contribution in [2.24, 2.45) is 5.92 Å². The third kappa shape index (κ3) is 5.33. The molecule has 0 atom stereocenters. The minimum absolute atomic E-state index is 0.0547. The lowest BCUT2D eigenvalue weighted by molar-refractivity contribution is -0.125. The monoisotopic (exact) mass is 427 g/mol. The predicted molar refractivity (Wildman–Crippen MR) is 122 cm³/mol. The Hall–Kier alpha value is -2.53. The first-order chi connectivity index (χ1) is 14.5. The Morgan fingerprint density at radius 3 is 2.70 bits per heavy atom. The number of nitrogens with one attached hydrogen (secondary N) is 1. The van der Waals surface area contributed by atoms with E-state index < -0.39 is 0 Å². The fraction of sp³-hybridized carbons (Fsp3) is 0.417. The maximum atomic E-state index is 12.4. The van der Waals surface area contributed by atoms with E-state index in [-0.39, 0.29) is 11.8 Å². The largest absolute Gasteiger partial charge is 0.494 e. The number of amides is 1. The summed E-state index contributed by atoms with van der Waals surface area (Å²) in [5, 5.41) is 3.81. The van der Waals surface area contributed by atoms with E-state index in [0.717, 1.165) is 59.0 Å². The quantitative estimate of drug-likeness (QED) is 0.433. The second kappa shape index (κ2) is 10.5. The molecule has 0 saturated carbocycles. The lowest BCUT2D eigenvalue weighted by Crippen LogP contribution is -2.30. The van der Waals surface area contributed by atoms with Gasteiger partial charge in [0.15, 0.2) is 0 Å². The van der Waals surface area contributed by atoms with Crippen LogP contribution in [0.4, 0.5) is 0 Å². The molecular weight excluding hydrogens is 398 g/mol. The van der Waals surface area contributed by atoms with Crippen molar-refractivity contribution in [3.8, 4) is 5.75 Å². The number of para-hydroxylation sites is 2. The highest BCUT2D eigenvalue weighted by Crippen LogP contribution is 2.21. The van der Waals surface area contributed by atoms with Gasteiger partial charge in [-0.05, 0) is 62.1 Å². The van der Waals surface area contributed by atoms with Gasteiger partial charge in [0.2, 0.25) is 5.91 Å². The molecule has 0 radical (unpaired) electrons. The SMILES string of the molecule is CCC(CC)C(=O)NCc1nc2ccccc2n1CCCOc1ccc(Cl)c(C)c1. The van der Waals surface area contributed by atoms with E-state index in [0.29, 0.717) is 13.2 Å². The number of fused-ring (bicyclic) bond motifs is 1. The van der Waals surface area contributed by atoms with Crippen LogP contribution in [0.1, 0.15) is 44.5 Å². The average Bonchev–Trinajstić information content (AvgIpc) is 3.10. The van der Waals surface area contributed by atoms with Gasteiger partial charge >= 0.3 is 0 Å². The number of nitrogens with zero attached hydrogens (tertiary/aromatic N) is 2. The molecule has 30 heavy (non-hydrogen) atoms. The molecule has 1 N–H and O–H groups in total. The van der Waals surface area contributed by atoms with Crippen LogP contribution in [0.5, 0.6) is 5.75 Å². The minimum Gasteiger partial charge on any atom is -0.494 e. The molecular formula is C24H30ClN3O2. The number of carbonyl (C=O) groups excluding carboxylic acids is 1. The highest BCUT2D eigenvalue weighted by Gasteiger charge is 2.16. The molecule has 6 heteroatoms. The van der Waals surface area contributed by atoms with Crippen molar-refractivity contribution in [1.82, 2.24) is 14.9 Å². The van der Waals surface area contributed by atoms with Gasteiger partial charge in [0.25, 0.3) is 0 Å². The van der Waals surface area contributed by atoms with Crippen LogP contribution >= 0.6 is 11.6 Å². The van der Waals surface area contributed by atoms with Gasteiger partial charge in [-0.3, -0.25) is 4.79 Å². The summed E-state index contributed by atoms with van der Waals surface area (Å²) >= 11 is 6.08. The molecule has 5 nitrogen and oxygen atoms in total. The van der Waals surface area contributed by atoms with Crippen molar-refractivity contribution in [2.75, 3.05) is 6.61 Å². The number of halogens is 1. The number of benzene rings is 2. The second-order valence-electron chi connectivity index (χ2n) is 7.51. The molecule has 0 fully saturated rings. The first kappa shape index (κ1) is 22.2. The Labute approximate surface area is 183 Å². The molecule has 1 amide bonds. The van der Waals surface area contributed by atoms with E-state index in [1.807, 2.05) is 57.2 Å². The van der Waals surface area contributed by atoms with E-state index in [9.17, 15) is 4.79 Å². The van der Waals surface area contributed by atoms with Crippen LogP contribution in [0, 0.1) is 12.8 Å². The van der Waals surface area contributed by atoms with Gasteiger partial charge in [-0.15, -0.1) is 0 Å². The fourth-order valence-electron chi connectivity index (χ4n) is 3.60. The van der Waals surface area contributed by atoms with Gasteiger partial charge in [0.05, 0.1) is 24.2 Å². The molecule has 3 aromatic rings. The number of aromatic nitrogens is 2. The maximum Gasteiger partial charge on any atom is 0.223 e. The van der Waals surface area contributed by atoms with Gasteiger partial charge in [0, 0.05) is 17.5 Å². The zero-order valence-electron chi connectivity index (χ0n) is 18.0.